The molecule has 1 aliphatic rings. The highest BCUT2D eigenvalue weighted by Gasteiger charge is 2.22. The van der Waals surface area contributed by atoms with Crippen LogP contribution in [0.15, 0.2) is 89.5 Å². The van der Waals surface area contributed by atoms with Gasteiger partial charge < -0.3 is 14.3 Å². The summed E-state index contributed by atoms with van der Waals surface area (Å²) in [6.45, 7) is 3.50. The van der Waals surface area contributed by atoms with Gasteiger partial charge in [-0.15, -0.1) is 0 Å². The molecule has 2 aromatic heterocycles. The fourth-order valence-electron chi connectivity index (χ4n) is 4.40. The van der Waals surface area contributed by atoms with Crippen molar-refractivity contribution in [3.8, 4) is 22.8 Å². The Morgan fingerprint density at radius 1 is 0.735 bits per heavy atom. The molecule has 0 bridgehead atoms. The molecule has 6 rings (SSSR count). The number of nitrogens with zero attached hydrogens (tertiary/aromatic N) is 5. The molecule has 0 unspecified atom stereocenters. The summed E-state index contributed by atoms with van der Waals surface area (Å²) in [5.74, 6) is 1.99. The van der Waals surface area contributed by atoms with Crippen LogP contribution in [0.2, 0.25) is 5.02 Å². The molecule has 7 heteroatoms. The van der Waals surface area contributed by atoms with Crippen molar-refractivity contribution in [3.63, 3.8) is 0 Å². The molecule has 34 heavy (non-hydrogen) atoms. The first kappa shape index (κ1) is 20.7. The largest absolute Gasteiger partial charge is 0.368 e. The second-order valence-electron chi connectivity index (χ2n) is 8.29. The SMILES string of the molecule is Clc1cccc(N2CCN(c3cc(-c4nc(-c5ccccc5)no4)c4ccccc4n3)CC2)c1. The number of rotatable bonds is 4. The highest BCUT2D eigenvalue weighted by Crippen LogP contribution is 2.32. The van der Waals surface area contributed by atoms with E-state index in [1.807, 2.05) is 72.8 Å². The number of halogens is 1. The summed E-state index contributed by atoms with van der Waals surface area (Å²) >= 11 is 6.19. The second-order valence-corrected chi connectivity index (χ2v) is 8.72. The van der Waals surface area contributed by atoms with Gasteiger partial charge in [0.05, 0.1) is 11.1 Å². The first-order valence-electron chi connectivity index (χ1n) is 11.3. The van der Waals surface area contributed by atoms with Crippen LogP contribution in [0.5, 0.6) is 0 Å². The van der Waals surface area contributed by atoms with Gasteiger partial charge in [0.2, 0.25) is 5.82 Å². The van der Waals surface area contributed by atoms with Crippen molar-refractivity contribution >= 4 is 34.0 Å². The fourth-order valence-corrected chi connectivity index (χ4v) is 4.59. The van der Waals surface area contributed by atoms with E-state index in [2.05, 4.69) is 27.1 Å². The number of pyridine rings is 1. The molecule has 168 valence electrons. The Hall–Kier alpha value is -3.90. The molecule has 6 nitrogen and oxygen atoms in total. The molecule has 3 heterocycles. The molecule has 5 aromatic rings. The number of aromatic nitrogens is 3. The third kappa shape index (κ3) is 3.97. The number of piperazine rings is 1. The molecule has 0 N–H and O–H groups in total. The molecule has 0 spiro atoms. The highest BCUT2D eigenvalue weighted by molar-refractivity contribution is 6.30. The lowest BCUT2D eigenvalue weighted by atomic mass is 10.1. The smallest absolute Gasteiger partial charge is 0.259 e. The zero-order valence-corrected chi connectivity index (χ0v) is 19.2. The van der Waals surface area contributed by atoms with Crippen LogP contribution in [-0.2, 0) is 0 Å². The van der Waals surface area contributed by atoms with Gasteiger partial charge in [0, 0.05) is 47.8 Å². The highest BCUT2D eigenvalue weighted by atomic mass is 35.5. The van der Waals surface area contributed by atoms with Crippen molar-refractivity contribution in [2.75, 3.05) is 36.0 Å². The minimum Gasteiger partial charge on any atom is -0.368 e. The third-order valence-corrected chi connectivity index (χ3v) is 6.40. The monoisotopic (exact) mass is 467 g/mol. The molecule has 1 fully saturated rings. The summed E-state index contributed by atoms with van der Waals surface area (Å²) in [6.07, 6.45) is 0. The van der Waals surface area contributed by atoms with E-state index in [1.54, 1.807) is 0 Å². The van der Waals surface area contributed by atoms with Gasteiger partial charge in [-0.2, -0.15) is 4.98 Å². The van der Waals surface area contributed by atoms with Gasteiger partial charge in [-0.1, -0.05) is 71.4 Å². The van der Waals surface area contributed by atoms with Gasteiger partial charge in [0.1, 0.15) is 5.82 Å². The minimum atomic E-state index is 0.497. The lowest BCUT2D eigenvalue weighted by Gasteiger charge is -2.37. The van der Waals surface area contributed by atoms with Gasteiger partial charge in [0.25, 0.3) is 5.89 Å². The standard InChI is InChI=1S/C27H22ClN5O/c28-20-9-6-10-21(17-20)32-13-15-33(16-14-32)25-18-23(22-11-4-5-12-24(22)29-25)27-30-26(31-34-27)19-7-2-1-3-8-19/h1-12,17-18H,13-16H2. The lowest BCUT2D eigenvalue weighted by molar-refractivity contribution is 0.432. The zero-order chi connectivity index (χ0) is 22.9. The average molecular weight is 468 g/mol. The van der Waals surface area contributed by atoms with Crippen molar-refractivity contribution in [1.82, 2.24) is 15.1 Å². The van der Waals surface area contributed by atoms with Gasteiger partial charge in [-0.25, -0.2) is 4.98 Å². The summed E-state index contributed by atoms with van der Waals surface area (Å²) in [5.41, 5.74) is 3.88. The topological polar surface area (TPSA) is 58.3 Å². The van der Waals surface area contributed by atoms with E-state index >= 15 is 0 Å². The molecule has 0 saturated carbocycles. The van der Waals surface area contributed by atoms with Crippen LogP contribution in [0, 0.1) is 0 Å². The summed E-state index contributed by atoms with van der Waals surface area (Å²) in [7, 11) is 0. The fraction of sp³-hybridized carbons (Fsp3) is 0.148. The van der Waals surface area contributed by atoms with Gasteiger partial charge in [-0.05, 0) is 30.3 Å². The van der Waals surface area contributed by atoms with Crippen LogP contribution in [0.25, 0.3) is 33.7 Å². The van der Waals surface area contributed by atoms with Crippen LogP contribution in [-0.4, -0.2) is 41.3 Å². The van der Waals surface area contributed by atoms with E-state index in [1.165, 1.54) is 0 Å². The molecule has 0 radical (unpaired) electrons. The van der Waals surface area contributed by atoms with Gasteiger partial charge >= 0.3 is 0 Å². The molecule has 0 aliphatic carbocycles. The van der Waals surface area contributed by atoms with Crippen molar-refractivity contribution in [1.29, 1.82) is 0 Å². The van der Waals surface area contributed by atoms with Crippen LogP contribution < -0.4 is 9.80 Å². The Morgan fingerprint density at radius 3 is 2.32 bits per heavy atom. The van der Waals surface area contributed by atoms with E-state index < -0.39 is 0 Å². The van der Waals surface area contributed by atoms with Crippen LogP contribution in [0.1, 0.15) is 0 Å². The molecular weight excluding hydrogens is 446 g/mol. The van der Waals surface area contributed by atoms with Crippen molar-refractivity contribution in [3.05, 3.63) is 90.0 Å². The van der Waals surface area contributed by atoms with E-state index in [0.29, 0.717) is 11.7 Å². The van der Waals surface area contributed by atoms with E-state index in [9.17, 15) is 0 Å². The van der Waals surface area contributed by atoms with Crippen molar-refractivity contribution in [2.45, 2.75) is 0 Å². The number of hydrogen-bond donors (Lipinski definition) is 0. The van der Waals surface area contributed by atoms with E-state index in [4.69, 9.17) is 26.1 Å². The van der Waals surface area contributed by atoms with E-state index in [0.717, 1.165) is 64.7 Å². The van der Waals surface area contributed by atoms with Gasteiger partial charge in [-0.3, -0.25) is 0 Å². The number of anilines is 2. The number of benzene rings is 3. The normalized spacial score (nSPS) is 14.0. The summed E-state index contributed by atoms with van der Waals surface area (Å²) < 4.78 is 5.71. The van der Waals surface area contributed by atoms with E-state index in [-0.39, 0.29) is 0 Å². The maximum Gasteiger partial charge on any atom is 0.259 e. The molecule has 1 aliphatic heterocycles. The summed E-state index contributed by atoms with van der Waals surface area (Å²) in [4.78, 5) is 14.3. The first-order chi connectivity index (χ1) is 16.7. The minimum absolute atomic E-state index is 0.497. The van der Waals surface area contributed by atoms with Crippen molar-refractivity contribution in [2.24, 2.45) is 0 Å². The second kappa shape index (κ2) is 8.80. The predicted octanol–water partition coefficient (Wildman–Crippen LogP) is 5.93. The molecule has 1 saturated heterocycles. The maximum atomic E-state index is 6.19. The van der Waals surface area contributed by atoms with Crippen LogP contribution >= 0.6 is 11.6 Å². The first-order valence-corrected chi connectivity index (χ1v) is 11.7. The quantitative estimate of drug-likeness (QED) is 0.326. The Labute approximate surface area is 202 Å². The molecular formula is C27H22ClN5O. The number of para-hydroxylation sites is 1. The number of hydrogen-bond acceptors (Lipinski definition) is 6. The molecule has 0 atom stereocenters. The van der Waals surface area contributed by atoms with Crippen LogP contribution in [0.4, 0.5) is 11.5 Å². The Kier molecular flexibility index (Phi) is 5.35. The Morgan fingerprint density at radius 2 is 1.50 bits per heavy atom. The maximum absolute atomic E-state index is 6.19. The summed E-state index contributed by atoms with van der Waals surface area (Å²) in [6, 6.07) is 28.0. The molecule has 3 aromatic carbocycles. The van der Waals surface area contributed by atoms with Gasteiger partial charge in [0.15, 0.2) is 0 Å². The van der Waals surface area contributed by atoms with Crippen LogP contribution in [0.3, 0.4) is 0 Å². The average Bonchev–Trinajstić information content (AvgIpc) is 3.39. The van der Waals surface area contributed by atoms with Crippen molar-refractivity contribution < 1.29 is 4.52 Å². The Bertz CT molecular complexity index is 1440. The Balaban J connectivity index is 1.32. The number of fused-ring (bicyclic) bond motifs is 1. The lowest BCUT2D eigenvalue weighted by Crippen LogP contribution is -2.46. The zero-order valence-electron chi connectivity index (χ0n) is 18.4. The predicted molar refractivity (Wildman–Crippen MR) is 136 cm³/mol. The molecule has 0 amide bonds. The summed E-state index contributed by atoms with van der Waals surface area (Å²) in [5, 5.41) is 5.98. The third-order valence-electron chi connectivity index (χ3n) is 6.17.